The number of furan rings is 1. The molecule has 4 nitrogen and oxygen atoms in total. The molecule has 69 heavy (non-hydrogen) atoms. The molecule has 3 aliphatic heterocycles. The third kappa shape index (κ3) is 5.58. The van der Waals surface area contributed by atoms with Gasteiger partial charge in [-0.1, -0.05) is 113 Å². The van der Waals surface area contributed by atoms with Crippen LogP contribution in [0.25, 0.3) is 42.1 Å². The largest absolute Gasteiger partial charge is 0.456 e. The first kappa shape index (κ1) is 41.2. The average Bonchev–Trinajstić information content (AvgIpc) is 3.96. The van der Waals surface area contributed by atoms with Crippen molar-refractivity contribution in [3.05, 3.63) is 173 Å². The summed E-state index contributed by atoms with van der Waals surface area (Å²) >= 11 is 1.92. The van der Waals surface area contributed by atoms with E-state index in [0.717, 1.165) is 34.0 Å². The van der Waals surface area contributed by atoms with Crippen LogP contribution in [0, 0.1) is 20.8 Å². The summed E-state index contributed by atoms with van der Waals surface area (Å²) < 4.78 is 9.06. The molecule has 1 aliphatic carbocycles. The minimum Gasteiger partial charge on any atom is -0.456 e. The number of hydrogen-bond donors (Lipinski definition) is 0. The normalized spacial score (nSPS) is 19.4. The molecule has 4 aliphatic rings. The van der Waals surface area contributed by atoms with Gasteiger partial charge in [0.15, 0.2) is 0 Å². The van der Waals surface area contributed by atoms with E-state index in [-0.39, 0.29) is 23.1 Å². The average molecular weight is 914 g/mol. The van der Waals surface area contributed by atoms with Crippen LogP contribution in [-0.4, -0.2) is 12.3 Å². The van der Waals surface area contributed by atoms with Crippen LogP contribution < -0.4 is 31.1 Å². The summed E-state index contributed by atoms with van der Waals surface area (Å²) in [6, 6.07) is 56.0. The predicted molar refractivity (Wildman–Crippen MR) is 296 cm³/mol. The highest BCUT2D eigenvalue weighted by Gasteiger charge is 2.58. The molecule has 8 aromatic carbocycles. The smallest absolute Gasteiger partial charge is 0.252 e. The zero-order valence-electron chi connectivity index (χ0n) is 40.9. The minimum absolute atomic E-state index is 0.00199. The summed E-state index contributed by atoms with van der Waals surface area (Å²) in [6.07, 6.45) is 4.87. The molecule has 10 aromatic rings. The molecule has 0 bridgehead atoms. The molecule has 0 saturated heterocycles. The van der Waals surface area contributed by atoms with Crippen molar-refractivity contribution < 1.29 is 4.42 Å². The minimum atomic E-state index is -0.0737. The molecule has 338 valence electrons. The number of fused-ring (bicyclic) bond motifs is 13. The summed E-state index contributed by atoms with van der Waals surface area (Å²) in [5.74, 6) is 0. The number of para-hydroxylation sites is 1. The van der Waals surface area contributed by atoms with Crippen LogP contribution in [-0.2, 0) is 10.8 Å². The van der Waals surface area contributed by atoms with Crippen molar-refractivity contribution in [1.29, 1.82) is 0 Å². The fraction of sp³-hybridized carbons (Fsp3) is 0.238. The topological polar surface area (TPSA) is 22.9 Å². The van der Waals surface area contributed by atoms with Gasteiger partial charge in [0.1, 0.15) is 11.2 Å². The third-order valence-corrected chi connectivity index (χ3v) is 18.3. The fourth-order valence-corrected chi connectivity index (χ4v) is 15.0. The van der Waals surface area contributed by atoms with Crippen LogP contribution in [0.4, 0.5) is 45.5 Å². The van der Waals surface area contributed by atoms with Gasteiger partial charge in [-0.2, -0.15) is 0 Å². The van der Waals surface area contributed by atoms with Crippen molar-refractivity contribution in [2.45, 2.75) is 97.4 Å². The summed E-state index contributed by atoms with van der Waals surface area (Å²) in [5.41, 5.74) is 22.6. The first-order valence-electron chi connectivity index (χ1n) is 25.1. The Balaban J connectivity index is 1.07. The molecule has 1 saturated carbocycles. The Morgan fingerprint density at radius 2 is 1.22 bits per heavy atom. The van der Waals surface area contributed by atoms with Gasteiger partial charge in [-0.25, -0.2) is 0 Å². The van der Waals surface area contributed by atoms with Gasteiger partial charge in [-0.3, -0.25) is 0 Å². The van der Waals surface area contributed by atoms with Gasteiger partial charge in [0.05, 0.1) is 15.9 Å². The molecule has 2 aromatic heterocycles. The van der Waals surface area contributed by atoms with Gasteiger partial charge in [0, 0.05) is 71.5 Å². The van der Waals surface area contributed by atoms with E-state index in [0.29, 0.717) is 0 Å². The quantitative estimate of drug-likeness (QED) is 0.165. The van der Waals surface area contributed by atoms with E-state index >= 15 is 0 Å². The maximum absolute atomic E-state index is 6.43. The first-order chi connectivity index (χ1) is 33.3. The first-order valence-corrected chi connectivity index (χ1v) is 25.9. The lowest BCUT2D eigenvalue weighted by atomic mass is 9.33. The van der Waals surface area contributed by atoms with E-state index in [2.05, 4.69) is 216 Å². The number of thiophene rings is 1. The molecule has 2 atom stereocenters. The maximum atomic E-state index is 6.43. The second kappa shape index (κ2) is 14.2. The molecule has 0 radical (unpaired) electrons. The van der Waals surface area contributed by atoms with E-state index in [1.807, 2.05) is 11.3 Å². The molecule has 6 heteroatoms. The van der Waals surface area contributed by atoms with Gasteiger partial charge >= 0.3 is 0 Å². The fourth-order valence-electron chi connectivity index (χ4n) is 13.8. The molecule has 1 fully saturated rings. The van der Waals surface area contributed by atoms with Crippen LogP contribution in [0.3, 0.4) is 0 Å². The number of benzene rings is 8. The molecular formula is C63H56BN3OS. The highest BCUT2D eigenvalue weighted by Crippen LogP contribution is 2.62. The number of anilines is 8. The van der Waals surface area contributed by atoms with E-state index in [1.54, 1.807) is 5.56 Å². The molecule has 2 unspecified atom stereocenters. The summed E-state index contributed by atoms with van der Waals surface area (Å²) in [6.45, 7) is 19.1. The SMILES string of the molecule is Cc1cc2c3c(c1)N(c1cccc4c1sc1ccccc14)c1cc(N4c5cc(C)cc(C)c5C5(C)CCCCC45C)ccc1B3c1ccc(C(C)(C)C)cc1N2c1ccc2oc3ccccc3c2c1. The van der Waals surface area contributed by atoms with Crippen molar-refractivity contribution in [1.82, 2.24) is 0 Å². The Morgan fingerprint density at radius 1 is 0.551 bits per heavy atom. The zero-order chi connectivity index (χ0) is 46.9. The monoisotopic (exact) mass is 913 g/mol. The standard InChI is InChI=1S/C63H56BN3OS/c1-37-30-39(3)58-52(31-37)67(63(8)29-14-13-28-62(58,63)7)42-23-26-48-51(36-42)66(49-19-15-18-45-44-17-10-12-21-57(44)69-60(45)49)54-33-38(2)32-53-59(54)64(48)47-25-22-40(61(4,5)6)34-50(47)65(53)41-24-27-56-46(35-41)43-16-9-11-20-55(43)68-56/h9-12,15-27,30-36H,13-14,28-29H2,1-8H3. The highest BCUT2D eigenvalue weighted by molar-refractivity contribution is 7.26. The van der Waals surface area contributed by atoms with Crippen molar-refractivity contribution in [2.75, 3.05) is 14.7 Å². The van der Waals surface area contributed by atoms with Gasteiger partial charge in [-0.15, -0.1) is 11.3 Å². The van der Waals surface area contributed by atoms with Gasteiger partial charge in [0.25, 0.3) is 6.71 Å². The Bertz CT molecular complexity index is 3850. The summed E-state index contributed by atoms with van der Waals surface area (Å²) in [7, 11) is 0. The molecule has 0 spiro atoms. The van der Waals surface area contributed by atoms with Crippen molar-refractivity contribution >= 4 is 122 Å². The van der Waals surface area contributed by atoms with Crippen LogP contribution in [0.1, 0.15) is 88.1 Å². The van der Waals surface area contributed by atoms with Crippen LogP contribution >= 0.6 is 11.3 Å². The van der Waals surface area contributed by atoms with Crippen molar-refractivity contribution in [3.8, 4) is 0 Å². The number of hydrogen-bond acceptors (Lipinski definition) is 5. The highest BCUT2D eigenvalue weighted by atomic mass is 32.1. The van der Waals surface area contributed by atoms with E-state index in [1.165, 1.54) is 118 Å². The summed E-state index contributed by atoms with van der Waals surface area (Å²) in [5, 5.41) is 4.89. The second-order valence-electron chi connectivity index (χ2n) is 22.2. The molecule has 0 N–H and O–H groups in total. The van der Waals surface area contributed by atoms with Gasteiger partial charge < -0.3 is 19.1 Å². The third-order valence-electron chi connectivity index (χ3n) is 17.1. The summed E-state index contributed by atoms with van der Waals surface area (Å²) in [4.78, 5) is 8.03. The molecule has 5 heterocycles. The van der Waals surface area contributed by atoms with Crippen molar-refractivity contribution in [3.63, 3.8) is 0 Å². The Kier molecular flexibility index (Phi) is 8.47. The lowest BCUT2D eigenvalue weighted by Gasteiger charge is -2.51. The molecule has 14 rings (SSSR count). The molecule has 0 amide bonds. The second-order valence-corrected chi connectivity index (χ2v) is 23.3. The van der Waals surface area contributed by atoms with E-state index < -0.39 is 0 Å². The Labute approximate surface area is 409 Å². The predicted octanol–water partition coefficient (Wildman–Crippen LogP) is 16.0. The van der Waals surface area contributed by atoms with Crippen LogP contribution in [0.5, 0.6) is 0 Å². The van der Waals surface area contributed by atoms with Crippen LogP contribution in [0.15, 0.2) is 150 Å². The van der Waals surface area contributed by atoms with Crippen LogP contribution in [0.2, 0.25) is 0 Å². The number of nitrogens with zero attached hydrogens (tertiary/aromatic N) is 3. The van der Waals surface area contributed by atoms with Gasteiger partial charge in [0.2, 0.25) is 0 Å². The number of rotatable bonds is 3. The lowest BCUT2D eigenvalue weighted by molar-refractivity contribution is 0.194. The van der Waals surface area contributed by atoms with Gasteiger partial charge in [-0.05, 0) is 163 Å². The lowest BCUT2D eigenvalue weighted by Crippen LogP contribution is -2.61. The van der Waals surface area contributed by atoms with E-state index in [4.69, 9.17) is 4.42 Å². The number of aryl methyl sites for hydroxylation is 3. The molecular weight excluding hydrogens is 858 g/mol. The van der Waals surface area contributed by atoms with E-state index in [9.17, 15) is 0 Å². The van der Waals surface area contributed by atoms with Crippen molar-refractivity contribution in [2.24, 2.45) is 0 Å². The Morgan fingerprint density at radius 3 is 2.04 bits per heavy atom. The Hall–Kier alpha value is -6.76. The zero-order valence-corrected chi connectivity index (χ0v) is 41.7. The maximum Gasteiger partial charge on any atom is 0.252 e.